The van der Waals surface area contributed by atoms with Crippen molar-refractivity contribution < 1.29 is 28.6 Å². The van der Waals surface area contributed by atoms with Gasteiger partial charge in [-0.25, -0.2) is 0 Å². The Balaban J connectivity index is 4.30. The molecule has 0 aliphatic rings. The van der Waals surface area contributed by atoms with Crippen LogP contribution >= 0.6 is 0 Å². The highest BCUT2D eigenvalue weighted by Crippen LogP contribution is 2.17. The number of rotatable bonds is 41. The van der Waals surface area contributed by atoms with Crippen molar-refractivity contribution in [2.75, 3.05) is 13.2 Å². The van der Waals surface area contributed by atoms with Gasteiger partial charge in [0.25, 0.3) is 0 Å². The summed E-state index contributed by atoms with van der Waals surface area (Å²) in [7, 11) is 0. The van der Waals surface area contributed by atoms with E-state index in [4.69, 9.17) is 14.2 Å². The van der Waals surface area contributed by atoms with Gasteiger partial charge in [-0.15, -0.1) is 0 Å². The first-order valence-corrected chi connectivity index (χ1v) is 23.3. The summed E-state index contributed by atoms with van der Waals surface area (Å²) in [5.41, 5.74) is 0. The van der Waals surface area contributed by atoms with Crippen molar-refractivity contribution in [3.05, 3.63) is 0 Å². The summed E-state index contributed by atoms with van der Waals surface area (Å²) in [5.74, 6) is 0.792. The molecule has 0 N–H and O–H groups in total. The largest absolute Gasteiger partial charge is 0.462 e. The molecule has 0 spiro atoms. The summed E-state index contributed by atoms with van der Waals surface area (Å²) in [5, 5.41) is 0. The van der Waals surface area contributed by atoms with E-state index in [1.54, 1.807) is 0 Å². The van der Waals surface area contributed by atoms with E-state index in [2.05, 4.69) is 34.6 Å². The molecule has 53 heavy (non-hydrogen) atoms. The predicted octanol–water partition coefficient (Wildman–Crippen LogP) is 14.6. The van der Waals surface area contributed by atoms with Gasteiger partial charge in [0.2, 0.25) is 0 Å². The quantitative estimate of drug-likeness (QED) is 0.0352. The van der Waals surface area contributed by atoms with Crippen molar-refractivity contribution >= 4 is 17.9 Å². The molecule has 0 aliphatic heterocycles. The van der Waals surface area contributed by atoms with E-state index < -0.39 is 6.10 Å². The second kappa shape index (κ2) is 40.1. The molecule has 314 valence electrons. The van der Waals surface area contributed by atoms with Gasteiger partial charge in [0.1, 0.15) is 13.2 Å². The molecular weight excluding hydrogens is 661 g/mol. The number of esters is 3. The molecule has 0 radical (unpaired) electrons. The van der Waals surface area contributed by atoms with Crippen LogP contribution in [0.4, 0.5) is 0 Å². The van der Waals surface area contributed by atoms with Crippen LogP contribution in [0, 0.1) is 11.8 Å². The minimum atomic E-state index is -0.760. The Kier molecular flexibility index (Phi) is 38.9. The zero-order valence-electron chi connectivity index (χ0n) is 36.1. The maximum atomic E-state index is 12.7. The molecule has 0 fully saturated rings. The second-order valence-corrected chi connectivity index (χ2v) is 16.8. The van der Waals surface area contributed by atoms with Gasteiger partial charge in [0.15, 0.2) is 6.10 Å². The zero-order chi connectivity index (χ0) is 39.0. The summed E-state index contributed by atoms with van der Waals surface area (Å²) >= 11 is 0. The molecule has 6 heteroatoms. The number of ether oxygens (including phenoxy) is 3. The smallest absolute Gasteiger partial charge is 0.306 e. The Morgan fingerprint density at radius 3 is 1.08 bits per heavy atom. The third kappa shape index (κ3) is 39.9. The van der Waals surface area contributed by atoms with Gasteiger partial charge >= 0.3 is 17.9 Å². The van der Waals surface area contributed by atoms with Crippen LogP contribution in [-0.2, 0) is 28.6 Å². The van der Waals surface area contributed by atoms with E-state index >= 15 is 0 Å². The summed E-state index contributed by atoms with van der Waals surface area (Å²) in [6.07, 6.45) is 38.0. The monoisotopic (exact) mass is 751 g/mol. The fourth-order valence-electron chi connectivity index (χ4n) is 6.90. The number of carbonyl (C=O) groups is 3. The Bertz CT molecular complexity index is 811. The van der Waals surface area contributed by atoms with Gasteiger partial charge in [0.05, 0.1) is 0 Å². The number of hydrogen-bond donors (Lipinski definition) is 0. The lowest BCUT2D eigenvalue weighted by atomic mass is 10.00. The summed E-state index contributed by atoms with van der Waals surface area (Å²) < 4.78 is 16.7. The highest BCUT2D eigenvalue weighted by Gasteiger charge is 2.19. The van der Waals surface area contributed by atoms with Crippen LogP contribution in [0.1, 0.15) is 253 Å². The van der Waals surface area contributed by atoms with Crippen LogP contribution in [0.15, 0.2) is 0 Å². The molecular formula is C47H90O6. The molecule has 0 aromatic heterocycles. The first-order chi connectivity index (χ1) is 25.8. The first kappa shape index (κ1) is 51.4. The minimum absolute atomic E-state index is 0.0654. The van der Waals surface area contributed by atoms with Crippen molar-refractivity contribution in [2.45, 2.75) is 259 Å². The van der Waals surface area contributed by atoms with Crippen molar-refractivity contribution in [1.82, 2.24) is 0 Å². The SMILES string of the molecule is CCCCCCCCCCCC(=O)OC[C@@H](COC(=O)CCCCCCCCC(C)CC)OC(=O)CCCCCCCCCCCCCCCC(C)C. The van der Waals surface area contributed by atoms with Crippen LogP contribution < -0.4 is 0 Å². The normalized spacial score (nSPS) is 12.6. The maximum absolute atomic E-state index is 12.7. The van der Waals surface area contributed by atoms with Gasteiger partial charge < -0.3 is 14.2 Å². The lowest BCUT2D eigenvalue weighted by Gasteiger charge is -2.18. The molecule has 0 saturated carbocycles. The summed E-state index contributed by atoms with van der Waals surface area (Å²) in [4.78, 5) is 37.7. The molecule has 0 aliphatic carbocycles. The Morgan fingerprint density at radius 2 is 0.717 bits per heavy atom. The van der Waals surface area contributed by atoms with E-state index in [9.17, 15) is 14.4 Å². The standard InChI is InChI=1S/C47H90O6/c1-6-8-9-10-11-17-21-27-32-37-45(48)51-40-44(41-52-46(49)38-33-28-24-23-26-31-36-43(5)7-2)53-47(50)39-34-29-22-19-16-14-12-13-15-18-20-25-30-35-42(3)4/h42-44H,6-41H2,1-5H3/t43?,44-/m0/s1. The van der Waals surface area contributed by atoms with Crippen molar-refractivity contribution in [3.8, 4) is 0 Å². The van der Waals surface area contributed by atoms with Crippen LogP contribution in [0.2, 0.25) is 0 Å². The molecule has 6 nitrogen and oxygen atoms in total. The fraction of sp³-hybridized carbons (Fsp3) is 0.936. The molecule has 1 unspecified atom stereocenters. The topological polar surface area (TPSA) is 78.9 Å². The van der Waals surface area contributed by atoms with E-state index in [0.29, 0.717) is 19.3 Å². The van der Waals surface area contributed by atoms with Crippen LogP contribution in [-0.4, -0.2) is 37.2 Å². The fourth-order valence-corrected chi connectivity index (χ4v) is 6.90. The minimum Gasteiger partial charge on any atom is -0.462 e. The van der Waals surface area contributed by atoms with Crippen molar-refractivity contribution in [3.63, 3.8) is 0 Å². The lowest BCUT2D eigenvalue weighted by molar-refractivity contribution is -0.167. The number of hydrogen-bond acceptors (Lipinski definition) is 6. The van der Waals surface area contributed by atoms with E-state index in [1.165, 1.54) is 141 Å². The van der Waals surface area contributed by atoms with Crippen LogP contribution in [0.5, 0.6) is 0 Å². The number of carbonyl (C=O) groups excluding carboxylic acids is 3. The van der Waals surface area contributed by atoms with E-state index in [-0.39, 0.29) is 31.1 Å². The Hall–Kier alpha value is -1.59. The average molecular weight is 751 g/mol. The molecule has 0 aromatic carbocycles. The molecule has 0 rings (SSSR count). The average Bonchev–Trinajstić information content (AvgIpc) is 3.14. The van der Waals surface area contributed by atoms with Gasteiger partial charge in [0, 0.05) is 19.3 Å². The summed E-state index contributed by atoms with van der Waals surface area (Å²) in [6.45, 7) is 11.3. The first-order valence-electron chi connectivity index (χ1n) is 23.3. The van der Waals surface area contributed by atoms with Gasteiger partial charge in [-0.2, -0.15) is 0 Å². The second-order valence-electron chi connectivity index (χ2n) is 16.8. The number of unbranched alkanes of at least 4 members (excludes halogenated alkanes) is 25. The van der Waals surface area contributed by atoms with Crippen molar-refractivity contribution in [2.24, 2.45) is 11.8 Å². The van der Waals surface area contributed by atoms with E-state index in [0.717, 1.165) is 69.6 Å². The van der Waals surface area contributed by atoms with Gasteiger partial charge in [-0.05, 0) is 31.1 Å². The predicted molar refractivity (Wildman–Crippen MR) is 224 cm³/mol. The van der Waals surface area contributed by atoms with E-state index in [1.807, 2.05) is 0 Å². The maximum Gasteiger partial charge on any atom is 0.306 e. The van der Waals surface area contributed by atoms with Crippen LogP contribution in [0.25, 0.3) is 0 Å². The highest BCUT2D eigenvalue weighted by molar-refractivity contribution is 5.71. The molecule has 0 amide bonds. The van der Waals surface area contributed by atoms with Gasteiger partial charge in [-0.3, -0.25) is 14.4 Å². The highest BCUT2D eigenvalue weighted by atomic mass is 16.6. The summed E-state index contributed by atoms with van der Waals surface area (Å²) in [6, 6.07) is 0. The zero-order valence-corrected chi connectivity index (χ0v) is 36.1. The lowest BCUT2D eigenvalue weighted by Crippen LogP contribution is -2.30. The molecule has 0 aromatic rings. The molecule has 0 bridgehead atoms. The Labute approximate surface area is 329 Å². The van der Waals surface area contributed by atoms with Gasteiger partial charge in [-0.1, -0.05) is 214 Å². The molecule has 2 atom stereocenters. The molecule has 0 saturated heterocycles. The van der Waals surface area contributed by atoms with Crippen molar-refractivity contribution in [1.29, 1.82) is 0 Å². The third-order valence-corrected chi connectivity index (χ3v) is 10.8. The van der Waals surface area contributed by atoms with Crippen LogP contribution in [0.3, 0.4) is 0 Å². The Morgan fingerprint density at radius 1 is 0.396 bits per heavy atom. The molecule has 0 heterocycles. The third-order valence-electron chi connectivity index (χ3n) is 10.8.